The number of nitrogens with zero attached hydrogens (tertiary/aromatic N) is 5. The second kappa shape index (κ2) is 5.34. The minimum Gasteiger partial charge on any atom is -0.339 e. The number of hydrogen-bond acceptors (Lipinski definition) is 6. The maximum atomic E-state index is 12.9. The van der Waals surface area contributed by atoms with E-state index < -0.39 is 17.4 Å². The van der Waals surface area contributed by atoms with Gasteiger partial charge < -0.3 is 4.52 Å². The molecule has 0 amide bonds. The van der Waals surface area contributed by atoms with E-state index in [4.69, 9.17) is 4.52 Å². The van der Waals surface area contributed by atoms with E-state index in [-0.39, 0.29) is 29.4 Å². The number of hydrogen-bond donors (Lipinski definition) is 1. The maximum Gasteiger partial charge on any atom is 0.435 e. The molecular formula is C12H9F3N6O2. The van der Waals surface area contributed by atoms with E-state index in [2.05, 4.69) is 25.4 Å². The van der Waals surface area contributed by atoms with Crippen molar-refractivity contribution in [1.29, 1.82) is 0 Å². The second-order valence-electron chi connectivity index (χ2n) is 4.67. The van der Waals surface area contributed by atoms with Gasteiger partial charge in [-0.05, 0) is 6.07 Å². The lowest BCUT2D eigenvalue weighted by molar-refractivity contribution is -0.142. The predicted molar refractivity (Wildman–Crippen MR) is 69.2 cm³/mol. The van der Waals surface area contributed by atoms with Crippen molar-refractivity contribution in [3.8, 4) is 11.5 Å². The molecule has 0 fully saturated rings. The Bertz CT molecular complexity index is 874. The molecule has 0 spiro atoms. The molecule has 0 saturated carbocycles. The van der Waals surface area contributed by atoms with Crippen LogP contribution in [0, 0.1) is 0 Å². The van der Waals surface area contributed by atoms with Gasteiger partial charge in [0, 0.05) is 24.9 Å². The number of aryl methyl sites for hydroxylation is 1. The minimum absolute atomic E-state index is 0.0218. The largest absolute Gasteiger partial charge is 0.435 e. The summed E-state index contributed by atoms with van der Waals surface area (Å²) in [5, 5.41) is 12.9. The molecule has 0 bridgehead atoms. The summed E-state index contributed by atoms with van der Waals surface area (Å²) in [6.07, 6.45) is -3.55. The SMILES string of the molecule is Cn1cc(Cc2nc(-c3ccc(=O)[nH]n3)no2)c(C(F)(F)F)n1. The van der Waals surface area contributed by atoms with Crippen molar-refractivity contribution >= 4 is 0 Å². The first-order valence-electron chi connectivity index (χ1n) is 6.31. The standard InChI is InChI=1S/C12H9F3N6O2/c1-21-5-6(10(19-21)12(13,14)15)4-9-16-11(20-23-9)7-2-3-8(22)18-17-7/h2-3,5H,4H2,1H3,(H,18,22). The first-order valence-corrected chi connectivity index (χ1v) is 6.31. The Morgan fingerprint density at radius 2 is 2.13 bits per heavy atom. The molecule has 0 aromatic carbocycles. The average Bonchev–Trinajstić information content (AvgIpc) is 3.06. The van der Waals surface area contributed by atoms with Crippen LogP contribution in [0.1, 0.15) is 17.1 Å². The topological polar surface area (TPSA) is 102 Å². The monoisotopic (exact) mass is 326 g/mol. The molecule has 0 radical (unpaired) electrons. The fraction of sp³-hybridized carbons (Fsp3) is 0.250. The average molecular weight is 326 g/mol. The van der Waals surface area contributed by atoms with Crippen molar-refractivity contribution in [2.75, 3.05) is 0 Å². The van der Waals surface area contributed by atoms with E-state index in [1.165, 1.54) is 25.4 Å². The van der Waals surface area contributed by atoms with Gasteiger partial charge in [-0.3, -0.25) is 9.48 Å². The van der Waals surface area contributed by atoms with E-state index in [0.29, 0.717) is 0 Å². The van der Waals surface area contributed by atoms with Crippen LogP contribution in [0.25, 0.3) is 11.5 Å². The van der Waals surface area contributed by atoms with Crippen LogP contribution in [0.2, 0.25) is 0 Å². The van der Waals surface area contributed by atoms with Gasteiger partial charge >= 0.3 is 6.18 Å². The number of halogens is 3. The van der Waals surface area contributed by atoms with Gasteiger partial charge in [-0.2, -0.15) is 28.4 Å². The quantitative estimate of drug-likeness (QED) is 0.775. The summed E-state index contributed by atoms with van der Waals surface area (Å²) in [6.45, 7) is 0. The Hall–Kier alpha value is -2.98. The van der Waals surface area contributed by atoms with Crippen LogP contribution in [0.4, 0.5) is 13.2 Å². The highest BCUT2D eigenvalue weighted by molar-refractivity contribution is 5.46. The van der Waals surface area contributed by atoms with Crippen LogP contribution in [0.15, 0.2) is 27.6 Å². The molecule has 0 aliphatic rings. The molecule has 0 unspecified atom stereocenters. The molecule has 0 aliphatic heterocycles. The number of nitrogens with one attached hydrogen (secondary N) is 1. The highest BCUT2D eigenvalue weighted by Crippen LogP contribution is 2.31. The zero-order chi connectivity index (χ0) is 16.6. The minimum atomic E-state index is -4.57. The van der Waals surface area contributed by atoms with Crippen LogP contribution >= 0.6 is 0 Å². The van der Waals surface area contributed by atoms with Gasteiger partial charge in [0.05, 0.1) is 6.42 Å². The molecule has 3 rings (SSSR count). The first-order chi connectivity index (χ1) is 10.8. The summed E-state index contributed by atoms with van der Waals surface area (Å²) in [6, 6.07) is 2.60. The highest BCUT2D eigenvalue weighted by atomic mass is 19.4. The van der Waals surface area contributed by atoms with Crippen molar-refractivity contribution in [1.82, 2.24) is 30.1 Å². The number of aromatic nitrogens is 6. The van der Waals surface area contributed by atoms with Crippen LogP contribution in [0.5, 0.6) is 0 Å². The molecule has 3 heterocycles. The highest BCUT2D eigenvalue weighted by Gasteiger charge is 2.37. The third-order valence-electron chi connectivity index (χ3n) is 2.89. The van der Waals surface area contributed by atoms with Gasteiger partial charge in [-0.25, -0.2) is 5.10 Å². The van der Waals surface area contributed by atoms with Gasteiger partial charge in [0.15, 0.2) is 5.69 Å². The van der Waals surface area contributed by atoms with Crippen molar-refractivity contribution < 1.29 is 17.7 Å². The molecule has 11 heteroatoms. The fourth-order valence-corrected chi connectivity index (χ4v) is 1.97. The van der Waals surface area contributed by atoms with E-state index in [1.54, 1.807) is 0 Å². The zero-order valence-electron chi connectivity index (χ0n) is 11.6. The zero-order valence-corrected chi connectivity index (χ0v) is 11.6. The van der Waals surface area contributed by atoms with E-state index in [1.807, 2.05) is 0 Å². The predicted octanol–water partition coefficient (Wildman–Crippen LogP) is 1.16. The van der Waals surface area contributed by atoms with Crippen LogP contribution in [0.3, 0.4) is 0 Å². The Morgan fingerprint density at radius 1 is 1.35 bits per heavy atom. The van der Waals surface area contributed by atoms with Crippen LogP contribution in [-0.4, -0.2) is 30.1 Å². The summed E-state index contributed by atoms with van der Waals surface area (Å²) >= 11 is 0. The van der Waals surface area contributed by atoms with Crippen molar-refractivity contribution in [2.45, 2.75) is 12.6 Å². The summed E-state index contributed by atoms with van der Waals surface area (Å²) in [5.74, 6) is 0.0419. The number of aromatic amines is 1. The Labute approximate surface area is 125 Å². The molecule has 3 aromatic heterocycles. The number of rotatable bonds is 3. The molecule has 0 aliphatic carbocycles. The lowest BCUT2D eigenvalue weighted by Crippen LogP contribution is -2.09. The van der Waals surface area contributed by atoms with Gasteiger partial charge in [0.2, 0.25) is 11.7 Å². The molecule has 8 nitrogen and oxygen atoms in total. The van der Waals surface area contributed by atoms with Gasteiger partial charge in [-0.15, -0.1) is 0 Å². The van der Waals surface area contributed by atoms with Crippen LogP contribution < -0.4 is 5.56 Å². The molecule has 3 aromatic rings. The smallest absolute Gasteiger partial charge is 0.339 e. The van der Waals surface area contributed by atoms with Gasteiger partial charge in [-0.1, -0.05) is 5.16 Å². The van der Waals surface area contributed by atoms with Crippen LogP contribution in [-0.2, 0) is 19.6 Å². The number of alkyl halides is 3. The van der Waals surface area contributed by atoms with Crippen molar-refractivity contribution in [3.63, 3.8) is 0 Å². The summed E-state index contributed by atoms with van der Waals surface area (Å²) < 4.78 is 44.7. The molecular weight excluding hydrogens is 317 g/mol. The third kappa shape index (κ3) is 3.12. The fourth-order valence-electron chi connectivity index (χ4n) is 1.97. The van der Waals surface area contributed by atoms with E-state index >= 15 is 0 Å². The van der Waals surface area contributed by atoms with Crippen molar-refractivity contribution in [2.24, 2.45) is 7.05 Å². The summed E-state index contributed by atoms with van der Waals surface area (Å²) in [5.41, 5.74) is -1.24. The lowest BCUT2D eigenvalue weighted by atomic mass is 10.2. The molecule has 120 valence electrons. The molecule has 0 atom stereocenters. The Balaban J connectivity index is 1.88. The molecule has 0 saturated heterocycles. The normalized spacial score (nSPS) is 11.8. The Morgan fingerprint density at radius 3 is 2.78 bits per heavy atom. The van der Waals surface area contributed by atoms with Gasteiger partial charge in [0.25, 0.3) is 5.56 Å². The second-order valence-corrected chi connectivity index (χ2v) is 4.67. The number of H-pyrrole nitrogens is 1. The van der Waals surface area contributed by atoms with E-state index in [9.17, 15) is 18.0 Å². The molecule has 1 N–H and O–H groups in total. The third-order valence-corrected chi connectivity index (χ3v) is 2.89. The Kier molecular flexibility index (Phi) is 3.47. The first kappa shape index (κ1) is 14.9. The summed E-state index contributed by atoms with van der Waals surface area (Å²) in [4.78, 5) is 14.9. The molecule has 23 heavy (non-hydrogen) atoms. The van der Waals surface area contributed by atoms with E-state index in [0.717, 1.165) is 4.68 Å². The van der Waals surface area contributed by atoms with Crippen molar-refractivity contribution in [3.05, 3.63) is 45.8 Å². The summed E-state index contributed by atoms with van der Waals surface area (Å²) in [7, 11) is 1.39. The van der Waals surface area contributed by atoms with Gasteiger partial charge in [0.1, 0.15) is 5.69 Å². The maximum absolute atomic E-state index is 12.9. The lowest BCUT2D eigenvalue weighted by Gasteiger charge is -2.03.